The fourth-order valence-electron chi connectivity index (χ4n) is 1.13. The second kappa shape index (κ2) is 9.22. The number of hydrogen-bond acceptors (Lipinski definition) is 7. The van der Waals surface area contributed by atoms with Crippen LogP contribution in [0.2, 0.25) is 0 Å². The van der Waals surface area contributed by atoms with Gasteiger partial charge in [-0.25, -0.2) is 0 Å². The first-order valence-electron chi connectivity index (χ1n) is 5.45. The summed E-state index contributed by atoms with van der Waals surface area (Å²) >= 11 is 0. The van der Waals surface area contributed by atoms with Crippen LogP contribution in [0.4, 0.5) is 5.69 Å². The van der Waals surface area contributed by atoms with Crippen molar-refractivity contribution in [3.8, 4) is 5.75 Å². The topological polar surface area (TPSA) is 159 Å². The minimum atomic E-state index is -1.75. The lowest BCUT2D eigenvalue weighted by Gasteiger charge is -1.98. The summed E-state index contributed by atoms with van der Waals surface area (Å²) in [4.78, 5) is 22.3. The summed E-state index contributed by atoms with van der Waals surface area (Å²) in [6, 6.07) is 3.85. The highest BCUT2D eigenvalue weighted by atomic mass is 16.9. The van der Waals surface area contributed by atoms with E-state index in [9.17, 15) is 15.2 Å². The van der Waals surface area contributed by atoms with Crippen LogP contribution in [0.1, 0.15) is 5.56 Å². The smallest absolute Gasteiger partial charge is 0.270 e. The van der Waals surface area contributed by atoms with Crippen LogP contribution in [-0.2, 0) is 0 Å². The summed E-state index contributed by atoms with van der Waals surface area (Å²) in [7, 11) is 1.93. The lowest BCUT2D eigenvalue weighted by atomic mass is 10.2. The standard InChI is InChI=1S/C10H13N3O3.NO3/c1-11-4-5-12-7-8-6-9(13(15)16)2-3-10(8)14;2-1(3)4/h2-3,6-7,11,14H,4-5H2,1H3;/q;-1/p+1. The van der Waals surface area contributed by atoms with E-state index in [0.717, 1.165) is 6.54 Å². The molecule has 0 aliphatic heterocycles. The molecule has 10 nitrogen and oxygen atoms in total. The van der Waals surface area contributed by atoms with Crippen LogP contribution in [-0.4, -0.2) is 41.5 Å². The number of quaternary nitrogens is 1. The summed E-state index contributed by atoms with van der Waals surface area (Å²) in [5, 5.41) is 36.7. The molecule has 3 N–H and O–H groups in total. The highest BCUT2D eigenvalue weighted by Crippen LogP contribution is 2.21. The number of likely N-dealkylation sites (N-methyl/N-ethyl adjacent to an activating group) is 1. The largest absolute Gasteiger partial charge is 0.507 e. The molecule has 10 heteroatoms. The third-order valence-electron chi connectivity index (χ3n) is 2.00. The lowest BCUT2D eigenvalue weighted by Crippen LogP contribution is -2.80. The Balaban J connectivity index is 0.000000796. The number of aliphatic imine (C=N–C) groups is 1. The third-order valence-corrected chi connectivity index (χ3v) is 2.00. The highest BCUT2D eigenvalue weighted by Gasteiger charge is 2.08. The van der Waals surface area contributed by atoms with Gasteiger partial charge in [-0.1, -0.05) is 0 Å². The number of non-ortho nitro benzene ring substituents is 1. The molecule has 0 aliphatic carbocycles. The predicted molar refractivity (Wildman–Crippen MR) is 70.3 cm³/mol. The average molecular weight is 286 g/mol. The first-order valence-corrected chi connectivity index (χ1v) is 5.45. The Morgan fingerprint density at radius 1 is 1.35 bits per heavy atom. The van der Waals surface area contributed by atoms with Gasteiger partial charge in [0.25, 0.3) is 5.69 Å². The van der Waals surface area contributed by atoms with E-state index in [-0.39, 0.29) is 11.4 Å². The van der Waals surface area contributed by atoms with E-state index in [4.69, 9.17) is 15.3 Å². The molecular formula is C10H14N4O6. The minimum absolute atomic E-state index is 0.00479. The van der Waals surface area contributed by atoms with E-state index in [1.54, 1.807) is 0 Å². The quantitative estimate of drug-likeness (QED) is 0.326. The Bertz CT molecular complexity index is 487. The van der Waals surface area contributed by atoms with Gasteiger partial charge in [0.1, 0.15) is 5.75 Å². The maximum atomic E-state index is 10.5. The molecule has 1 aromatic carbocycles. The van der Waals surface area contributed by atoms with Gasteiger partial charge in [-0.2, -0.15) is 0 Å². The number of phenolic OH excluding ortho intramolecular Hbond substituents is 1. The van der Waals surface area contributed by atoms with Crippen molar-refractivity contribution >= 4 is 11.9 Å². The second-order valence-electron chi connectivity index (χ2n) is 3.46. The molecule has 0 spiro atoms. The molecule has 0 saturated heterocycles. The van der Waals surface area contributed by atoms with Gasteiger partial charge in [-0.05, 0) is 6.07 Å². The molecule has 110 valence electrons. The first-order chi connectivity index (χ1) is 9.38. The second-order valence-corrected chi connectivity index (χ2v) is 3.46. The van der Waals surface area contributed by atoms with Crippen molar-refractivity contribution in [3.63, 3.8) is 0 Å². The summed E-state index contributed by atoms with van der Waals surface area (Å²) in [5.41, 5.74) is 0.312. The minimum Gasteiger partial charge on any atom is -0.507 e. The number of phenols is 1. The number of rotatable bonds is 5. The van der Waals surface area contributed by atoms with Gasteiger partial charge in [-0.3, -0.25) is 15.1 Å². The Kier molecular flexibility index (Phi) is 7.95. The molecule has 0 bridgehead atoms. The molecule has 0 aliphatic rings. The number of nitrogens with zero attached hydrogens (tertiary/aromatic N) is 3. The van der Waals surface area contributed by atoms with E-state index in [1.807, 2.05) is 12.4 Å². The highest BCUT2D eigenvalue weighted by molar-refractivity contribution is 5.84. The van der Waals surface area contributed by atoms with E-state index >= 15 is 0 Å². The zero-order chi connectivity index (χ0) is 15.5. The molecule has 0 amide bonds. The number of nitro benzene ring substituents is 1. The van der Waals surface area contributed by atoms with E-state index in [1.165, 1.54) is 24.4 Å². The van der Waals surface area contributed by atoms with Gasteiger partial charge in [0.05, 0.1) is 30.1 Å². The number of nitro groups is 1. The maximum absolute atomic E-state index is 10.5. The molecule has 0 saturated carbocycles. The van der Waals surface area contributed by atoms with Crippen molar-refractivity contribution in [2.24, 2.45) is 4.99 Å². The van der Waals surface area contributed by atoms with E-state index < -0.39 is 10.0 Å². The summed E-state index contributed by atoms with van der Waals surface area (Å²) in [6.45, 7) is 1.45. The van der Waals surface area contributed by atoms with Crippen LogP contribution in [0.15, 0.2) is 23.2 Å². The zero-order valence-electron chi connectivity index (χ0n) is 10.6. The summed E-state index contributed by atoms with van der Waals surface area (Å²) in [5.74, 6) is -0.00479. The van der Waals surface area contributed by atoms with Crippen molar-refractivity contribution in [3.05, 3.63) is 49.2 Å². The van der Waals surface area contributed by atoms with E-state index in [2.05, 4.69) is 4.99 Å². The third kappa shape index (κ3) is 7.55. The van der Waals surface area contributed by atoms with E-state index in [0.29, 0.717) is 12.1 Å². The van der Waals surface area contributed by atoms with Crippen LogP contribution >= 0.6 is 0 Å². The Morgan fingerprint density at radius 2 is 1.95 bits per heavy atom. The molecule has 0 heterocycles. The van der Waals surface area contributed by atoms with Gasteiger partial charge < -0.3 is 25.7 Å². The van der Waals surface area contributed by atoms with Crippen LogP contribution < -0.4 is 5.32 Å². The molecule has 0 aromatic heterocycles. The summed E-state index contributed by atoms with van der Waals surface area (Å²) < 4.78 is 0. The fourth-order valence-corrected chi connectivity index (χ4v) is 1.13. The number of aromatic hydroxyl groups is 1. The van der Waals surface area contributed by atoms with Crippen LogP contribution in [0.5, 0.6) is 5.75 Å². The number of nitrogens with two attached hydrogens (primary N) is 1. The molecule has 20 heavy (non-hydrogen) atoms. The summed E-state index contributed by atoms with van der Waals surface area (Å²) in [6.07, 6.45) is 1.45. The lowest BCUT2D eigenvalue weighted by molar-refractivity contribution is -0.624. The zero-order valence-corrected chi connectivity index (χ0v) is 10.6. The van der Waals surface area contributed by atoms with Crippen LogP contribution in [0.25, 0.3) is 0 Å². The fraction of sp³-hybridized carbons (Fsp3) is 0.300. The predicted octanol–water partition coefficient (Wildman–Crippen LogP) is -0.327. The normalized spacial score (nSPS) is 9.85. The van der Waals surface area contributed by atoms with Crippen molar-refractivity contribution in [2.45, 2.75) is 0 Å². The average Bonchev–Trinajstić information content (AvgIpc) is 2.35. The SMILES string of the molecule is C[NH2+]CCN=Cc1cc([N+](=O)[O-])ccc1O.O=[N+]([O-])[O-]. The Morgan fingerprint density at radius 3 is 2.45 bits per heavy atom. The molecule has 0 atom stereocenters. The maximum Gasteiger partial charge on any atom is 0.270 e. The number of hydrogen-bond donors (Lipinski definition) is 2. The van der Waals surface area contributed by atoms with Crippen molar-refractivity contribution in [1.82, 2.24) is 0 Å². The first kappa shape index (κ1) is 17.2. The Hall–Kier alpha value is -2.75. The van der Waals surface area contributed by atoms with Gasteiger partial charge in [0, 0.05) is 23.9 Å². The Labute approximate surface area is 113 Å². The molecule has 0 fully saturated rings. The molecule has 1 aromatic rings. The molecular weight excluding hydrogens is 272 g/mol. The van der Waals surface area contributed by atoms with Gasteiger partial charge in [0.2, 0.25) is 0 Å². The van der Waals surface area contributed by atoms with Crippen molar-refractivity contribution < 1.29 is 20.4 Å². The van der Waals surface area contributed by atoms with Crippen LogP contribution in [0, 0.1) is 25.4 Å². The molecule has 0 radical (unpaired) electrons. The van der Waals surface area contributed by atoms with Crippen molar-refractivity contribution in [2.75, 3.05) is 20.1 Å². The molecule has 1 rings (SSSR count). The van der Waals surface area contributed by atoms with Gasteiger partial charge in [-0.15, -0.1) is 0 Å². The van der Waals surface area contributed by atoms with Crippen LogP contribution in [0.3, 0.4) is 0 Å². The number of benzene rings is 1. The monoisotopic (exact) mass is 286 g/mol. The van der Waals surface area contributed by atoms with Crippen molar-refractivity contribution in [1.29, 1.82) is 0 Å². The van der Waals surface area contributed by atoms with Gasteiger partial charge in [0.15, 0.2) is 0 Å². The molecule has 0 unspecified atom stereocenters. The van der Waals surface area contributed by atoms with Gasteiger partial charge >= 0.3 is 0 Å².